The molecule has 0 atom stereocenters. The number of thiophene rings is 1. The third-order valence-corrected chi connectivity index (χ3v) is 3.13. The van der Waals surface area contributed by atoms with Gasteiger partial charge in [0, 0.05) is 25.5 Å². The summed E-state index contributed by atoms with van der Waals surface area (Å²) in [6.07, 6.45) is 1.86. The standard InChI is InChI=1S/C12H15N3S/c1-15(2)12-6-5-10(8-14-12)13-9-11-4-3-7-16-11/h3-8,13H,9H2,1-2H3. The van der Waals surface area contributed by atoms with Crippen molar-refractivity contribution in [2.75, 3.05) is 24.3 Å². The van der Waals surface area contributed by atoms with Gasteiger partial charge in [-0.05, 0) is 23.6 Å². The van der Waals surface area contributed by atoms with E-state index in [1.54, 1.807) is 11.3 Å². The van der Waals surface area contributed by atoms with Gasteiger partial charge < -0.3 is 10.2 Å². The molecular formula is C12H15N3S. The van der Waals surface area contributed by atoms with E-state index in [9.17, 15) is 0 Å². The molecule has 0 radical (unpaired) electrons. The van der Waals surface area contributed by atoms with Crippen molar-refractivity contribution < 1.29 is 0 Å². The number of pyridine rings is 1. The third kappa shape index (κ3) is 2.73. The molecule has 0 spiro atoms. The molecule has 0 saturated heterocycles. The molecule has 0 aromatic carbocycles. The monoisotopic (exact) mass is 233 g/mol. The highest BCUT2D eigenvalue weighted by Gasteiger charge is 1.98. The molecule has 0 unspecified atom stereocenters. The lowest BCUT2D eigenvalue weighted by Gasteiger charge is -2.11. The largest absolute Gasteiger partial charge is 0.379 e. The van der Waals surface area contributed by atoms with Gasteiger partial charge in [0.2, 0.25) is 0 Å². The first-order valence-corrected chi connectivity index (χ1v) is 6.03. The lowest BCUT2D eigenvalue weighted by atomic mass is 10.3. The van der Waals surface area contributed by atoms with Crippen LogP contribution in [0.15, 0.2) is 35.8 Å². The number of nitrogens with one attached hydrogen (secondary N) is 1. The Bertz CT molecular complexity index is 420. The highest BCUT2D eigenvalue weighted by atomic mass is 32.1. The van der Waals surface area contributed by atoms with Crippen LogP contribution in [0.1, 0.15) is 4.88 Å². The van der Waals surface area contributed by atoms with E-state index in [-0.39, 0.29) is 0 Å². The maximum atomic E-state index is 4.34. The molecule has 0 amide bonds. The topological polar surface area (TPSA) is 28.2 Å². The molecule has 0 aliphatic rings. The maximum Gasteiger partial charge on any atom is 0.128 e. The molecule has 2 heterocycles. The van der Waals surface area contributed by atoms with Crippen LogP contribution in [-0.4, -0.2) is 19.1 Å². The molecule has 2 aromatic heterocycles. The Balaban J connectivity index is 1.95. The normalized spacial score (nSPS) is 10.1. The van der Waals surface area contributed by atoms with Crippen LogP contribution in [-0.2, 0) is 6.54 Å². The van der Waals surface area contributed by atoms with E-state index >= 15 is 0 Å². The molecule has 16 heavy (non-hydrogen) atoms. The summed E-state index contributed by atoms with van der Waals surface area (Å²) in [5.74, 6) is 0.974. The lowest BCUT2D eigenvalue weighted by molar-refractivity contribution is 1.06. The highest BCUT2D eigenvalue weighted by Crippen LogP contribution is 2.14. The number of aromatic nitrogens is 1. The van der Waals surface area contributed by atoms with Crippen LogP contribution in [0.3, 0.4) is 0 Å². The van der Waals surface area contributed by atoms with Gasteiger partial charge in [0.1, 0.15) is 5.82 Å². The number of hydrogen-bond donors (Lipinski definition) is 1. The zero-order valence-electron chi connectivity index (χ0n) is 9.47. The minimum Gasteiger partial charge on any atom is -0.379 e. The second kappa shape index (κ2) is 4.99. The smallest absolute Gasteiger partial charge is 0.128 e. The molecule has 0 aliphatic heterocycles. The summed E-state index contributed by atoms with van der Waals surface area (Å²) in [5, 5.41) is 5.43. The molecule has 2 aromatic rings. The van der Waals surface area contributed by atoms with E-state index in [0.29, 0.717) is 0 Å². The Labute approximate surface area is 99.8 Å². The molecular weight excluding hydrogens is 218 g/mol. The summed E-state index contributed by atoms with van der Waals surface area (Å²) < 4.78 is 0. The van der Waals surface area contributed by atoms with Gasteiger partial charge in [-0.1, -0.05) is 6.07 Å². The molecule has 84 valence electrons. The Morgan fingerprint density at radius 3 is 2.75 bits per heavy atom. The van der Waals surface area contributed by atoms with Gasteiger partial charge in [0.05, 0.1) is 11.9 Å². The van der Waals surface area contributed by atoms with Crippen molar-refractivity contribution in [3.05, 3.63) is 40.7 Å². The minimum absolute atomic E-state index is 0.862. The first kappa shape index (κ1) is 11.0. The summed E-state index contributed by atoms with van der Waals surface area (Å²) >= 11 is 1.76. The molecule has 3 nitrogen and oxygen atoms in total. The summed E-state index contributed by atoms with van der Waals surface area (Å²) in [7, 11) is 3.97. The van der Waals surface area contributed by atoms with Crippen LogP contribution in [0.25, 0.3) is 0 Å². The van der Waals surface area contributed by atoms with Crippen LogP contribution in [0.2, 0.25) is 0 Å². The van der Waals surface area contributed by atoms with Crippen molar-refractivity contribution in [1.29, 1.82) is 0 Å². The maximum absolute atomic E-state index is 4.34. The van der Waals surface area contributed by atoms with Crippen molar-refractivity contribution >= 4 is 22.8 Å². The second-order valence-electron chi connectivity index (χ2n) is 3.73. The van der Waals surface area contributed by atoms with Gasteiger partial charge in [-0.15, -0.1) is 11.3 Å². The summed E-state index contributed by atoms with van der Waals surface area (Å²) in [6.45, 7) is 0.862. The number of anilines is 2. The fourth-order valence-corrected chi connectivity index (χ4v) is 2.00. The molecule has 2 rings (SSSR count). The number of nitrogens with zero attached hydrogens (tertiary/aromatic N) is 2. The lowest BCUT2D eigenvalue weighted by Crippen LogP contribution is -2.10. The van der Waals surface area contributed by atoms with Crippen molar-refractivity contribution in [3.8, 4) is 0 Å². The second-order valence-corrected chi connectivity index (χ2v) is 4.76. The van der Waals surface area contributed by atoms with Gasteiger partial charge in [0.25, 0.3) is 0 Å². The van der Waals surface area contributed by atoms with Crippen LogP contribution in [0, 0.1) is 0 Å². The summed E-state index contributed by atoms with van der Waals surface area (Å²) in [4.78, 5) is 7.66. The predicted molar refractivity (Wildman–Crippen MR) is 70.2 cm³/mol. The molecule has 4 heteroatoms. The SMILES string of the molecule is CN(C)c1ccc(NCc2cccs2)cn1. The zero-order chi connectivity index (χ0) is 11.4. The minimum atomic E-state index is 0.862. The van der Waals surface area contributed by atoms with E-state index in [0.717, 1.165) is 18.1 Å². The van der Waals surface area contributed by atoms with Gasteiger partial charge >= 0.3 is 0 Å². The first-order valence-electron chi connectivity index (χ1n) is 5.15. The van der Waals surface area contributed by atoms with E-state index in [4.69, 9.17) is 0 Å². The first-order chi connectivity index (χ1) is 7.75. The fraction of sp³-hybridized carbons (Fsp3) is 0.250. The van der Waals surface area contributed by atoms with E-state index in [2.05, 4.69) is 33.9 Å². The Kier molecular flexibility index (Phi) is 3.41. The average molecular weight is 233 g/mol. The van der Waals surface area contributed by atoms with Crippen molar-refractivity contribution in [1.82, 2.24) is 4.98 Å². The van der Waals surface area contributed by atoms with Crippen LogP contribution >= 0.6 is 11.3 Å². The van der Waals surface area contributed by atoms with Gasteiger partial charge in [0.15, 0.2) is 0 Å². The van der Waals surface area contributed by atoms with Crippen molar-refractivity contribution in [3.63, 3.8) is 0 Å². The van der Waals surface area contributed by atoms with Gasteiger partial charge in [-0.3, -0.25) is 0 Å². The highest BCUT2D eigenvalue weighted by molar-refractivity contribution is 7.09. The quantitative estimate of drug-likeness (QED) is 0.880. The van der Waals surface area contributed by atoms with Crippen LogP contribution in [0.4, 0.5) is 11.5 Å². The average Bonchev–Trinajstić information content (AvgIpc) is 2.80. The molecule has 1 N–H and O–H groups in total. The molecule has 0 aliphatic carbocycles. The number of hydrogen-bond acceptors (Lipinski definition) is 4. The fourth-order valence-electron chi connectivity index (χ4n) is 1.36. The van der Waals surface area contributed by atoms with Crippen molar-refractivity contribution in [2.45, 2.75) is 6.54 Å². The molecule has 0 saturated carbocycles. The van der Waals surface area contributed by atoms with E-state index < -0.39 is 0 Å². The van der Waals surface area contributed by atoms with Crippen LogP contribution in [0.5, 0.6) is 0 Å². The zero-order valence-corrected chi connectivity index (χ0v) is 10.3. The Morgan fingerprint density at radius 2 is 2.19 bits per heavy atom. The summed E-state index contributed by atoms with van der Waals surface area (Å²) in [5.41, 5.74) is 1.05. The van der Waals surface area contributed by atoms with Gasteiger partial charge in [-0.25, -0.2) is 4.98 Å². The van der Waals surface area contributed by atoms with E-state index in [1.165, 1.54) is 4.88 Å². The molecule has 0 fully saturated rings. The predicted octanol–water partition coefficient (Wildman–Crippen LogP) is 2.82. The Morgan fingerprint density at radius 1 is 1.31 bits per heavy atom. The molecule has 0 bridgehead atoms. The Hall–Kier alpha value is -1.55. The summed E-state index contributed by atoms with van der Waals surface area (Å²) in [6, 6.07) is 8.25. The van der Waals surface area contributed by atoms with E-state index in [1.807, 2.05) is 31.3 Å². The van der Waals surface area contributed by atoms with Crippen LogP contribution < -0.4 is 10.2 Å². The van der Waals surface area contributed by atoms with Gasteiger partial charge in [-0.2, -0.15) is 0 Å². The third-order valence-electron chi connectivity index (χ3n) is 2.25. The van der Waals surface area contributed by atoms with Crippen molar-refractivity contribution in [2.24, 2.45) is 0 Å². The number of rotatable bonds is 4.